The molecule has 20 heavy (non-hydrogen) atoms. The molecule has 112 valence electrons. The number of halogens is 2. The second kappa shape index (κ2) is 7.79. The smallest absolute Gasteiger partial charge is 0.0464 e. The van der Waals surface area contributed by atoms with Gasteiger partial charge in [-0.1, -0.05) is 40.0 Å². The van der Waals surface area contributed by atoms with Crippen LogP contribution in [0.5, 0.6) is 0 Å². The molecule has 4 heteroatoms. The largest absolute Gasteiger partial charge is 0.309 e. The summed E-state index contributed by atoms with van der Waals surface area (Å²) in [5.74, 6) is 0. The number of piperidine rings is 1. The zero-order valence-corrected chi connectivity index (χ0v) is 14.7. The summed E-state index contributed by atoms with van der Waals surface area (Å²) in [6.45, 7) is 7.99. The van der Waals surface area contributed by atoms with Gasteiger partial charge in [-0.05, 0) is 57.5 Å². The van der Waals surface area contributed by atoms with E-state index in [1.165, 1.54) is 37.9 Å². The van der Waals surface area contributed by atoms with Crippen molar-refractivity contribution < 1.29 is 0 Å². The summed E-state index contributed by atoms with van der Waals surface area (Å²) in [7, 11) is 0. The molecule has 1 fully saturated rings. The van der Waals surface area contributed by atoms with Gasteiger partial charge < -0.3 is 5.32 Å². The molecule has 1 aliphatic heterocycles. The molecule has 1 aliphatic rings. The molecule has 0 aromatic heterocycles. The topological polar surface area (TPSA) is 15.3 Å². The normalized spacial score (nSPS) is 19.8. The molecular formula is C16H24BrClN2. The van der Waals surface area contributed by atoms with Gasteiger partial charge in [0, 0.05) is 28.1 Å². The van der Waals surface area contributed by atoms with E-state index in [0.29, 0.717) is 6.04 Å². The SMILES string of the molecule is CC(NCC(C)N1CCCCC1)c1ccc(Br)cc1Cl. The third-order valence-electron chi connectivity index (χ3n) is 4.16. The van der Waals surface area contributed by atoms with Gasteiger partial charge in [0.1, 0.15) is 0 Å². The van der Waals surface area contributed by atoms with Gasteiger partial charge in [0.05, 0.1) is 0 Å². The van der Waals surface area contributed by atoms with Crippen LogP contribution in [0.2, 0.25) is 5.02 Å². The van der Waals surface area contributed by atoms with E-state index in [4.69, 9.17) is 11.6 Å². The molecule has 0 aliphatic carbocycles. The zero-order chi connectivity index (χ0) is 14.5. The van der Waals surface area contributed by atoms with Gasteiger partial charge in [-0.25, -0.2) is 0 Å². The van der Waals surface area contributed by atoms with Gasteiger partial charge in [-0.2, -0.15) is 0 Å². The van der Waals surface area contributed by atoms with Crippen LogP contribution in [0.3, 0.4) is 0 Å². The van der Waals surface area contributed by atoms with E-state index in [2.05, 4.69) is 46.1 Å². The summed E-state index contributed by atoms with van der Waals surface area (Å²) in [6.07, 6.45) is 4.08. The molecule has 1 aromatic rings. The second-order valence-corrected chi connectivity index (χ2v) is 7.06. The number of benzene rings is 1. The molecule has 2 nitrogen and oxygen atoms in total. The fraction of sp³-hybridized carbons (Fsp3) is 0.625. The molecule has 2 unspecified atom stereocenters. The van der Waals surface area contributed by atoms with Gasteiger partial charge in [0.25, 0.3) is 0 Å². The number of nitrogens with zero attached hydrogens (tertiary/aromatic N) is 1. The lowest BCUT2D eigenvalue weighted by Crippen LogP contribution is -2.43. The second-order valence-electron chi connectivity index (χ2n) is 5.74. The van der Waals surface area contributed by atoms with E-state index >= 15 is 0 Å². The molecule has 1 N–H and O–H groups in total. The van der Waals surface area contributed by atoms with E-state index < -0.39 is 0 Å². The average molecular weight is 360 g/mol. The van der Waals surface area contributed by atoms with E-state index in [1.54, 1.807) is 0 Å². The number of hydrogen-bond donors (Lipinski definition) is 1. The molecular weight excluding hydrogens is 336 g/mol. The standard InChI is InChI=1S/C16H24BrClN2/c1-12(20-8-4-3-5-9-20)11-19-13(2)15-7-6-14(17)10-16(15)18/h6-7,10,12-13,19H,3-5,8-9,11H2,1-2H3. The minimum atomic E-state index is 0.280. The van der Waals surface area contributed by atoms with Crippen molar-refractivity contribution in [2.75, 3.05) is 19.6 Å². The Kier molecular flexibility index (Phi) is 6.34. The molecule has 2 atom stereocenters. The molecule has 1 saturated heterocycles. The van der Waals surface area contributed by atoms with E-state index in [9.17, 15) is 0 Å². The van der Waals surface area contributed by atoms with Crippen molar-refractivity contribution in [1.82, 2.24) is 10.2 Å². The van der Waals surface area contributed by atoms with Gasteiger partial charge >= 0.3 is 0 Å². The van der Waals surface area contributed by atoms with Gasteiger partial charge in [-0.15, -0.1) is 0 Å². The van der Waals surface area contributed by atoms with Crippen molar-refractivity contribution in [3.63, 3.8) is 0 Å². The lowest BCUT2D eigenvalue weighted by Gasteiger charge is -2.33. The molecule has 1 heterocycles. The summed E-state index contributed by atoms with van der Waals surface area (Å²) >= 11 is 9.76. The molecule has 1 aromatic carbocycles. The van der Waals surface area contributed by atoms with Crippen LogP contribution in [0, 0.1) is 0 Å². The summed E-state index contributed by atoms with van der Waals surface area (Å²) in [5, 5.41) is 4.44. The summed E-state index contributed by atoms with van der Waals surface area (Å²) < 4.78 is 1.03. The zero-order valence-electron chi connectivity index (χ0n) is 12.3. The Hall–Kier alpha value is -0.0900. The Morgan fingerprint density at radius 1 is 1.25 bits per heavy atom. The van der Waals surface area contributed by atoms with Crippen molar-refractivity contribution in [3.05, 3.63) is 33.3 Å². The molecule has 0 amide bonds. The van der Waals surface area contributed by atoms with Crippen LogP contribution in [0.4, 0.5) is 0 Å². The highest BCUT2D eigenvalue weighted by Gasteiger charge is 2.17. The highest BCUT2D eigenvalue weighted by Crippen LogP contribution is 2.26. The lowest BCUT2D eigenvalue weighted by atomic mass is 10.1. The number of likely N-dealkylation sites (tertiary alicyclic amines) is 1. The van der Waals surface area contributed by atoms with Gasteiger partial charge in [0.15, 0.2) is 0 Å². The fourth-order valence-corrected chi connectivity index (χ4v) is 3.64. The summed E-state index contributed by atoms with van der Waals surface area (Å²) in [4.78, 5) is 2.59. The minimum Gasteiger partial charge on any atom is -0.309 e. The first-order valence-corrected chi connectivity index (χ1v) is 8.67. The maximum atomic E-state index is 6.31. The van der Waals surface area contributed by atoms with Crippen LogP contribution < -0.4 is 5.32 Å². The molecule has 2 rings (SSSR count). The number of nitrogens with one attached hydrogen (secondary N) is 1. The van der Waals surface area contributed by atoms with Crippen LogP contribution in [-0.4, -0.2) is 30.6 Å². The Morgan fingerprint density at radius 2 is 1.95 bits per heavy atom. The first-order chi connectivity index (χ1) is 9.58. The number of rotatable bonds is 5. The van der Waals surface area contributed by atoms with Crippen molar-refractivity contribution in [1.29, 1.82) is 0 Å². The maximum Gasteiger partial charge on any atom is 0.0464 e. The van der Waals surface area contributed by atoms with Gasteiger partial charge in [0.2, 0.25) is 0 Å². The van der Waals surface area contributed by atoms with Gasteiger partial charge in [-0.3, -0.25) is 4.90 Å². The molecule has 0 bridgehead atoms. The first-order valence-electron chi connectivity index (χ1n) is 7.50. The quantitative estimate of drug-likeness (QED) is 0.824. The molecule has 0 saturated carbocycles. The van der Waals surface area contributed by atoms with Crippen LogP contribution in [-0.2, 0) is 0 Å². The predicted octanol–water partition coefficient (Wildman–Crippen LogP) is 4.63. The van der Waals surface area contributed by atoms with E-state index in [1.807, 2.05) is 12.1 Å². The molecule has 0 radical (unpaired) electrons. The Bertz CT molecular complexity index is 432. The third kappa shape index (κ3) is 4.45. The fourth-order valence-electron chi connectivity index (χ4n) is 2.80. The Labute approximate surface area is 136 Å². The van der Waals surface area contributed by atoms with Crippen molar-refractivity contribution >= 4 is 27.5 Å². The predicted molar refractivity (Wildman–Crippen MR) is 90.5 cm³/mol. The highest BCUT2D eigenvalue weighted by molar-refractivity contribution is 9.10. The third-order valence-corrected chi connectivity index (χ3v) is 4.98. The number of hydrogen-bond acceptors (Lipinski definition) is 2. The lowest BCUT2D eigenvalue weighted by molar-refractivity contribution is 0.168. The maximum absolute atomic E-state index is 6.31. The Morgan fingerprint density at radius 3 is 2.60 bits per heavy atom. The van der Waals surface area contributed by atoms with E-state index in [0.717, 1.165) is 16.0 Å². The van der Waals surface area contributed by atoms with Crippen LogP contribution in [0.1, 0.15) is 44.7 Å². The van der Waals surface area contributed by atoms with Crippen LogP contribution >= 0.6 is 27.5 Å². The summed E-state index contributed by atoms with van der Waals surface area (Å²) in [6, 6.07) is 6.97. The Balaban J connectivity index is 1.86. The molecule has 0 spiro atoms. The monoisotopic (exact) mass is 358 g/mol. The van der Waals surface area contributed by atoms with Crippen molar-refractivity contribution in [3.8, 4) is 0 Å². The summed E-state index contributed by atoms with van der Waals surface area (Å²) in [5.41, 5.74) is 1.17. The van der Waals surface area contributed by atoms with Crippen LogP contribution in [0.15, 0.2) is 22.7 Å². The van der Waals surface area contributed by atoms with Crippen molar-refractivity contribution in [2.45, 2.75) is 45.2 Å². The highest BCUT2D eigenvalue weighted by atomic mass is 79.9. The van der Waals surface area contributed by atoms with Crippen molar-refractivity contribution in [2.24, 2.45) is 0 Å². The minimum absolute atomic E-state index is 0.280. The first kappa shape index (κ1) is 16.3. The average Bonchev–Trinajstić information content (AvgIpc) is 2.45. The van der Waals surface area contributed by atoms with Crippen LogP contribution in [0.25, 0.3) is 0 Å². The van der Waals surface area contributed by atoms with E-state index in [-0.39, 0.29) is 6.04 Å².